The van der Waals surface area contributed by atoms with Gasteiger partial charge < -0.3 is 11.4 Å². The minimum Gasteiger partial charge on any atom is -0.598 e. The molecule has 38 heavy (non-hydrogen) atoms. The van der Waals surface area contributed by atoms with Crippen molar-refractivity contribution in [1.82, 2.24) is 0 Å². The van der Waals surface area contributed by atoms with Gasteiger partial charge in [-0.3, -0.25) is 4.99 Å². The van der Waals surface area contributed by atoms with Crippen molar-refractivity contribution in [2.24, 2.45) is 4.99 Å². The largest absolute Gasteiger partial charge is 1.00 e. The first kappa shape index (κ1) is 32.6. The summed E-state index contributed by atoms with van der Waals surface area (Å²) in [6.45, 7) is 30.5. The smallest absolute Gasteiger partial charge is 0.598 e. The van der Waals surface area contributed by atoms with Crippen LogP contribution in [0.3, 0.4) is 0 Å². The Morgan fingerprint density at radius 1 is 0.737 bits per heavy atom. The summed E-state index contributed by atoms with van der Waals surface area (Å²) in [5, 5.41) is 0. The molecule has 0 radical (unpaired) electrons. The van der Waals surface area contributed by atoms with Crippen LogP contribution in [0.5, 0.6) is 5.75 Å². The van der Waals surface area contributed by atoms with E-state index in [0.29, 0.717) is 11.8 Å². The average molecular weight is 538 g/mol. The Hall–Kier alpha value is -1.64. The lowest BCUT2D eigenvalue weighted by Crippen LogP contribution is -2.36. The zero-order valence-corrected chi connectivity index (χ0v) is 27.7. The zero-order chi connectivity index (χ0) is 29.0. The van der Waals surface area contributed by atoms with E-state index in [0.717, 1.165) is 22.6 Å². The van der Waals surface area contributed by atoms with Crippen molar-refractivity contribution in [2.45, 2.75) is 132 Å². The van der Waals surface area contributed by atoms with Crippen LogP contribution in [-0.2, 0) is 18.4 Å². The van der Waals surface area contributed by atoms with Crippen molar-refractivity contribution in [1.29, 1.82) is 0 Å². The Kier molecular flexibility index (Phi) is 11.3. The van der Waals surface area contributed by atoms with Crippen LogP contribution < -0.4 is 3.79 Å². The van der Waals surface area contributed by atoms with Gasteiger partial charge >= 0.3 is 15.1 Å². The van der Waals surface area contributed by atoms with Gasteiger partial charge in [-0.15, -0.1) is 0 Å². The fourth-order valence-electron chi connectivity index (χ4n) is 4.29. The zero-order valence-electron chi connectivity index (χ0n) is 26.5. The Morgan fingerprint density at radius 3 is 1.63 bits per heavy atom. The molecule has 0 heterocycles. The number of aliphatic imine (C=N–C) groups is 1. The van der Waals surface area contributed by atoms with Gasteiger partial charge in [0, 0.05) is 24.0 Å². The van der Waals surface area contributed by atoms with E-state index in [1.807, 2.05) is 33.9 Å². The maximum absolute atomic E-state index is 6.74. The van der Waals surface area contributed by atoms with E-state index in [2.05, 4.69) is 99.6 Å². The molecule has 0 fully saturated rings. The van der Waals surface area contributed by atoms with Crippen LogP contribution in [0.25, 0.3) is 0 Å². The maximum atomic E-state index is 6.74. The Balaban J connectivity index is 2.84. The molecule has 2 rings (SSSR count). The first-order valence-electron chi connectivity index (χ1n) is 14.2. The molecule has 4 nitrogen and oxygen atoms in total. The minimum absolute atomic E-state index is 0.0148. The van der Waals surface area contributed by atoms with Gasteiger partial charge in [0.15, 0.2) is 0 Å². The summed E-state index contributed by atoms with van der Waals surface area (Å²) < 4.78 is 19.1. The van der Waals surface area contributed by atoms with Crippen molar-refractivity contribution < 1.29 is 11.4 Å². The molecule has 210 valence electrons. The van der Waals surface area contributed by atoms with E-state index in [1.54, 1.807) is 0 Å². The predicted octanol–water partition coefficient (Wildman–Crippen LogP) is 9.49. The third kappa shape index (κ3) is 8.95. The van der Waals surface area contributed by atoms with Crippen LogP contribution in [0.15, 0.2) is 35.3 Å². The predicted molar refractivity (Wildman–Crippen MR) is 165 cm³/mol. The molecule has 0 aliphatic rings. The highest BCUT2D eigenvalue weighted by atomic mass is 27.3. The van der Waals surface area contributed by atoms with Gasteiger partial charge in [-0.1, -0.05) is 93.5 Å². The average Bonchev–Trinajstić information content (AvgIpc) is 2.75. The first-order chi connectivity index (χ1) is 17.4. The molecular formula is C33H52AlNO3. The summed E-state index contributed by atoms with van der Waals surface area (Å²) in [5.74, 6) is 1.57. The summed E-state index contributed by atoms with van der Waals surface area (Å²) in [6.07, 6.45) is 2.03. The molecule has 0 N–H and O–H groups in total. The van der Waals surface area contributed by atoms with Gasteiger partial charge in [-0.2, -0.15) is 0 Å². The van der Waals surface area contributed by atoms with E-state index in [1.165, 1.54) is 16.7 Å². The summed E-state index contributed by atoms with van der Waals surface area (Å²) >= 11 is -2.47. The van der Waals surface area contributed by atoms with Crippen molar-refractivity contribution in [3.8, 4) is 5.75 Å². The van der Waals surface area contributed by atoms with E-state index in [9.17, 15) is 0 Å². The fourth-order valence-corrected chi connectivity index (χ4v) is 5.81. The third-order valence-electron chi connectivity index (χ3n) is 6.45. The molecule has 0 aromatic heterocycles. The molecule has 0 spiro atoms. The monoisotopic (exact) mass is 537 g/mol. The van der Waals surface area contributed by atoms with Gasteiger partial charge in [0.1, 0.15) is 0 Å². The molecule has 5 heteroatoms. The number of hydrogen-bond donors (Lipinski definition) is 0. The summed E-state index contributed by atoms with van der Waals surface area (Å²) in [4.78, 5) is 5.18. The highest BCUT2D eigenvalue weighted by Crippen LogP contribution is 2.40. The van der Waals surface area contributed by atoms with Crippen molar-refractivity contribution >= 4 is 27.1 Å². The summed E-state index contributed by atoms with van der Waals surface area (Å²) in [7, 11) is 0. The number of nitrogens with zero attached hydrogens (tertiary/aromatic N) is 1. The maximum Gasteiger partial charge on any atom is 1.00 e. The lowest BCUT2D eigenvalue weighted by atomic mass is 9.79. The number of rotatable bonds is 10. The van der Waals surface area contributed by atoms with Gasteiger partial charge in [0.05, 0.1) is 11.4 Å². The lowest BCUT2D eigenvalue weighted by molar-refractivity contribution is 0.0844. The van der Waals surface area contributed by atoms with E-state index >= 15 is 0 Å². The highest BCUT2D eigenvalue weighted by molar-refractivity contribution is 6.37. The molecular weight excluding hydrogens is 485 g/mol. The van der Waals surface area contributed by atoms with Gasteiger partial charge in [0.2, 0.25) is 0 Å². The van der Waals surface area contributed by atoms with Crippen LogP contribution in [0, 0.1) is 0 Å². The topological polar surface area (TPSA) is 40.0 Å². The second-order valence-electron chi connectivity index (χ2n) is 13.6. The van der Waals surface area contributed by atoms with Crippen molar-refractivity contribution in [3.63, 3.8) is 0 Å². The molecule has 2 aromatic carbocycles. The molecule has 0 atom stereocenters. The summed E-state index contributed by atoms with van der Waals surface area (Å²) in [5.41, 5.74) is 6.77. The number of hydrogen-bond acceptors (Lipinski definition) is 4. The second kappa shape index (κ2) is 13.1. The standard InChI is InChI=1S/C27H39NO.2C3H7O.Al/c1-17(2)21-12-11-13-22(18(3)4)24(21)28-16-19-14-20(26(5,6)7)15-23(25(19)29)27(8,9)10;2*1-3(2)4;/h11-18,29H,1-10H3;2*3H,1-2H3;/q;2*-1;+3/p-1. The van der Waals surface area contributed by atoms with Crippen LogP contribution in [0.4, 0.5) is 5.69 Å². The number of para-hydroxylation sites is 1. The fraction of sp³-hybridized carbons (Fsp3) is 0.606. The molecule has 0 saturated carbocycles. The second-order valence-corrected chi connectivity index (χ2v) is 14.9. The third-order valence-corrected chi connectivity index (χ3v) is 8.41. The SMILES string of the molecule is CC(C)[O][Al]([O]c1c(C=Nc2c(C(C)C)cccc2C(C)C)cc(C(C)(C)C)cc1C(C)(C)C)[O]C(C)C. The lowest BCUT2D eigenvalue weighted by Gasteiger charge is -2.30. The Labute approximate surface area is 238 Å². The van der Waals surface area contributed by atoms with Gasteiger partial charge in [-0.25, -0.2) is 0 Å². The van der Waals surface area contributed by atoms with E-state index < -0.39 is 15.1 Å². The first-order valence-corrected chi connectivity index (χ1v) is 15.7. The van der Waals surface area contributed by atoms with Gasteiger partial charge in [0.25, 0.3) is 0 Å². The molecule has 0 amide bonds. The highest BCUT2D eigenvalue weighted by Gasteiger charge is 2.40. The Morgan fingerprint density at radius 2 is 1.24 bits per heavy atom. The Bertz CT molecular complexity index is 1050. The molecule has 0 unspecified atom stereocenters. The van der Waals surface area contributed by atoms with E-state index in [4.69, 9.17) is 16.4 Å². The number of benzene rings is 2. The molecule has 0 saturated heterocycles. The molecule has 0 aliphatic carbocycles. The van der Waals surface area contributed by atoms with Crippen LogP contribution in [0.2, 0.25) is 0 Å². The minimum atomic E-state index is -2.47. The van der Waals surface area contributed by atoms with E-state index in [-0.39, 0.29) is 23.0 Å². The van der Waals surface area contributed by atoms with Crippen LogP contribution in [0.1, 0.15) is 137 Å². The van der Waals surface area contributed by atoms with Crippen molar-refractivity contribution in [3.05, 3.63) is 58.1 Å². The summed E-state index contributed by atoms with van der Waals surface area (Å²) in [6, 6.07) is 11.1. The quantitative estimate of drug-likeness (QED) is 0.224. The van der Waals surface area contributed by atoms with Crippen LogP contribution >= 0.6 is 0 Å². The molecule has 0 aliphatic heterocycles. The molecule has 2 aromatic rings. The van der Waals surface area contributed by atoms with Gasteiger partial charge in [-0.05, 0) is 78.7 Å². The molecule has 0 bridgehead atoms. The van der Waals surface area contributed by atoms with Crippen LogP contribution in [-0.4, -0.2) is 33.6 Å². The van der Waals surface area contributed by atoms with Crippen molar-refractivity contribution in [2.75, 3.05) is 0 Å². The normalized spacial score (nSPS) is 13.0.